The molecule has 1 aliphatic heterocycles. The van der Waals surface area contributed by atoms with Crippen LogP contribution in [0.2, 0.25) is 10.0 Å². The summed E-state index contributed by atoms with van der Waals surface area (Å²) < 4.78 is 0. The summed E-state index contributed by atoms with van der Waals surface area (Å²) in [7, 11) is 0. The molecule has 4 heteroatoms. The van der Waals surface area contributed by atoms with Crippen LogP contribution in [-0.2, 0) is 0 Å². The van der Waals surface area contributed by atoms with Crippen LogP contribution >= 0.6 is 23.2 Å². The highest BCUT2D eigenvalue weighted by Crippen LogP contribution is 2.29. The van der Waals surface area contributed by atoms with Crippen molar-refractivity contribution in [3.05, 3.63) is 33.8 Å². The molecule has 0 aliphatic carbocycles. The number of nitrogens with zero attached hydrogens (tertiary/aromatic N) is 1. The molecule has 100 valence electrons. The first-order valence-corrected chi connectivity index (χ1v) is 7.30. The fraction of sp³-hybridized carbons (Fsp3) is 0.571. The maximum absolute atomic E-state index is 6.10. The van der Waals surface area contributed by atoms with Gasteiger partial charge in [0.1, 0.15) is 0 Å². The third-order valence-electron chi connectivity index (χ3n) is 3.63. The number of hydrogen-bond donors (Lipinski definition) is 1. The highest BCUT2D eigenvalue weighted by Gasteiger charge is 2.28. The van der Waals surface area contributed by atoms with Crippen molar-refractivity contribution in [1.82, 2.24) is 10.2 Å². The molecule has 1 aliphatic rings. The molecule has 1 heterocycles. The summed E-state index contributed by atoms with van der Waals surface area (Å²) in [6, 6.07) is 6.98. The fourth-order valence-electron chi connectivity index (χ4n) is 2.42. The normalized spacial score (nSPS) is 17.8. The van der Waals surface area contributed by atoms with Gasteiger partial charge in [-0.1, -0.05) is 36.2 Å². The third-order valence-corrected chi connectivity index (χ3v) is 4.37. The summed E-state index contributed by atoms with van der Waals surface area (Å²) in [5, 5.41) is 4.61. The predicted octanol–water partition coefficient (Wildman–Crippen LogP) is 3.74. The number of rotatable bonds is 5. The lowest BCUT2D eigenvalue weighted by Crippen LogP contribution is -2.57. The lowest BCUT2D eigenvalue weighted by molar-refractivity contribution is 0.103. The monoisotopic (exact) mass is 286 g/mol. The molecule has 1 unspecified atom stereocenters. The van der Waals surface area contributed by atoms with Crippen molar-refractivity contribution in [2.45, 2.75) is 32.4 Å². The van der Waals surface area contributed by atoms with Crippen LogP contribution in [0.25, 0.3) is 0 Å². The number of benzene rings is 1. The van der Waals surface area contributed by atoms with Gasteiger partial charge in [-0.2, -0.15) is 0 Å². The summed E-state index contributed by atoms with van der Waals surface area (Å²) in [5.74, 6) is 0. The van der Waals surface area contributed by atoms with E-state index in [1.165, 1.54) is 12.0 Å². The van der Waals surface area contributed by atoms with Gasteiger partial charge >= 0.3 is 0 Å². The van der Waals surface area contributed by atoms with E-state index in [1.807, 2.05) is 12.1 Å². The van der Waals surface area contributed by atoms with Gasteiger partial charge in [0.05, 0.1) is 10.0 Å². The van der Waals surface area contributed by atoms with Gasteiger partial charge in [-0.25, -0.2) is 0 Å². The van der Waals surface area contributed by atoms with Crippen LogP contribution in [-0.4, -0.2) is 30.6 Å². The topological polar surface area (TPSA) is 15.3 Å². The Morgan fingerprint density at radius 2 is 2.06 bits per heavy atom. The van der Waals surface area contributed by atoms with Gasteiger partial charge in [0.15, 0.2) is 0 Å². The SMILES string of the molecule is CCCN(C1CNC1)C(C)c1ccc(Cl)c(Cl)c1. The number of hydrogen-bond acceptors (Lipinski definition) is 2. The summed E-state index contributed by atoms with van der Waals surface area (Å²) in [6.07, 6.45) is 1.17. The molecule has 0 aromatic heterocycles. The van der Waals surface area contributed by atoms with Crippen LogP contribution < -0.4 is 5.32 Å². The molecular weight excluding hydrogens is 267 g/mol. The molecule has 0 amide bonds. The lowest BCUT2D eigenvalue weighted by Gasteiger charge is -2.42. The van der Waals surface area contributed by atoms with Gasteiger partial charge in [-0.15, -0.1) is 0 Å². The molecule has 18 heavy (non-hydrogen) atoms. The molecule has 2 rings (SSSR count). The van der Waals surface area contributed by atoms with E-state index < -0.39 is 0 Å². The summed E-state index contributed by atoms with van der Waals surface area (Å²) in [5.41, 5.74) is 1.24. The van der Waals surface area contributed by atoms with Crippen LogP contribution in [0.5, 0.6) is 0 Å². The van der Waals surface area contributed by atoms with Crippen molar-refractivity contribution in [3.63, 3.8) is 0 Å². The zero-order chi connectivity index (χ0) is 13.1. The third kappa shape index (κ3) is 3.00. The van der Waals surface area contributed by atoms with E-state index in [4.69, 9.17) is 23.2 Å². The average molecular weight is 287 g/mol. The smallest absolute Gasteiger partial charge is 0.0595 e. The molecular formula is C14H20Cl2N2. The van der Waals surface area contributed by atoms with Crippen molar-refractivity contribution < 1.29 is 0 Å². The predicted molar refractivity (Wildman–Crippen MR) is 78.5 cm³/mol. The molecule has 0 spiro atoms. The van der Waals surface area contributed by atoms with E-state index in [2.05, 4.69) is 30.1 Å². The van der Waals surface area contributed by atoms with Crippen LogP contribution in [0.4, 0.5) is 0 Å². The highest BCUT2D eigenvalue weighted by atomic mass is 35.5. The van der Waals surface area contributed by atoms with Crippen LogP contribution in [0, 0.1) is 0 Å². The van der Waals surface area contributed by atoms with Gasteiger partial charge in [0.25, 0.3) is 0 Å². The first-order valence-electron chi connectivity index (χ1n) is 6.55. The second kappa shape index (κ2) is 6.25. The first-order chi connectivity index (χ1) is 8.63. The van der Waals surface area contributed by atoms with Crippen molar-refractivity contribution in [1.29, 1.82) is 0 Å². The zero-order valence-corrected chi connectivity index (χ0v) is 12.4. The minimum atomic E-state index is 0.381. The highest BCUT2D eigenvalue weighted by molar-refractivity contribution is 6.42. The average Bonchev–Trinajstić information content (AvgIpc) is 2.29. The van der Waals surface area contributed by atoms with Gasteiger partial charge < -0.3 is 5.32 Å². The van der Waals surface area contributed by atoms with E-state index in [-0.39, 0.29) is 0 Å². The van der Waals surface area contributed by atoms with E-state index in [0.717, 1.165) is 19.6 Å². The van der Waals surface area contributed by atoms with E-state index in [9.17, 15) is 0 Å². The second-order valence-electron chi connectivity index (χ2n) is 4.90. The maximum atomic E-state index is 6.10. The number of nitrogens with one attached hydrogen (secondary N) is 1. The Morgan fingerprint density at radius 3 is 2.56 bits per heavy atom. The Bertz CT molecular complexity index is 405. The van der Waals surface area contributed by atoms with Crippen molar-refractivity contribution in [2.75, 3.05) is 19.6 Å². The lowest BCUT2D eigenvalue weighted by atomic mass is 10.0. The van der Waals surface area contributed by atoms with Gasteiger partial charge in [-0.3, -0.25) is 4.90 Å². The van der Waals surface area contributed by atoms with Gasteiger partial charge in [0, 0.05) is 25.2 Å². The molecule has 1 fully saturated rings. The summed E-state index contributed by atoms with van der Waals surface area (Å²) in [6.45, 7) is 7.76. The van der Waals surface area contributed by atoms with Crippen LogP contribution in [0.1, 0.15) is 31.9 Å². The first kappa shape index (κ1) is 14.1. The van der Waals surface area contributed by atoms with Crippen molar-refractivity contribution >= 4 is 23.2 Å². The Hall–Kier alpha value is -0.280. The summed E-state index contributed by atoms with van der Waals surface area (Å²) in [4.78, 5) is 2.55. The molecule has 1 saturated heterocycles. The molecule has 1 N–H and O–H groups in total. The minimum Gasteiger partial charge on any atom is -0.314 e. The van der Waals surface area contributed by atoms with E-state index >= 15 is 0 Å². The Labute approximate surface area is 119 Å². The minimum absolute atomic E-state index is 0.381. The number of halogens is 2. The van der Waals surface area contributed by atoms with Gasteiger partial charge in [0.2, 0.25) is 0 Å². The Balaban J connectivity index is 2.15. The maximum Gasteiger partial charge on any atom is 0.0595 e. The molecule has 1 atom stereocenters. The Morgan fingerprint density at radius 1 is 1.33 bits per heavy atom. The molecule has 1 aromatic rings. The largest absolute Gasteiger partial charge is 0.314 e. The van der Waals surface area contributed by atoms with E-state index in [0.29, 0.717) is 22.1 Å². The molecule has 2 nitrogen and oxygen atoms in total. The second-order valence-corrected chi connectivity index (χ2v) is 5.71. The fourth-order valence-corrected chi connectivity index (χ4v) is 2.73. The molecule has 0 bridgehead atoms. The molecule has 1 aromatic carbocycles. The van der Waals surface area contributed by atoms with Crippen LogP contribution in [0.15, 0.2) is 18.2 Å². The molecule has 0 saturated carbocycles. The van der Waals surface area contributed by atoms with E-state index in [1.54, 1.807) is 0 Å². The van der Waals surface area contributed by atoms with Crippen molar-refractivity contribution in [2.24, 2.45) is 0 Å². The Kier molecular flexibility index (Phi) is 4.91. The summed E-state index contributed by atoms with van der Waals surface area (Å²) >= 11 is 12.1. The van der Waals surface area contributed by atoms with Gasteiger partial charge in [-0.05, 0) is 37.6 Å². The standard InChI is InChI=1S/C14H20Cl2N2/c1-3-6-18(12-8-17-9-12)10(2)11-4-5-13(15)14(16)7-11/h4-5,7,10,12,17H,3,6,8-9H2,1-2H3. The molecule has 0 radical (unpaired) electrons. The van der Waals surface area contributed by atoms with Crippen LogP contribution in [0.3, 0.4) is 0 Å². The zero-order valence-electron chi connectivity index (χ0n) is 10.9. The van der Waals surface area contributed by atoms with Crippen molar-refractivity contribution in [3.8, 4) is 0 Å². The quantitative estimate of drug-likeness (QED) is 0.887.